The van der Waals surface area contributed by atoms with Gasteiger partial charge in [0.15, 0.2) is 0 Å². The van der Waals surface area contributed by atoms with Crippen LogP contribution in [0.2, 0.25) is 0 Å². The highest BCUT2D eigenvalue weighted by Gasteiger charge is 2.14. The smallest absolute Gasteiger partial charge is 0.341 e. The Kier molecular flexibility index (Phi) is 4.89. The molecule has 3 N–H and O–H groups in total. The van der Waals surface area contributed by atoms with Gasteiger partial charge >= 0.3 is 5.97 Å². The third-order valence-corrected chi connectivity index (χ3v) is 3.20. The van der Waals surface area contributed by atoms with Crippen LogP contribution in [0.15, 0.2) is 23.2 Å². The Labute approximate surface area is 121 Å². The number of carbonyl (C=O) groups is 1. The van der Waals surface area contributed by atoms with Gasteiger partial charge in [-0.25, -0.2) is 14.8 Å². The van der Waals surface area contributed by atoms with Crippen molar-refractivity contribution in [2.24, 2.45) is 0 Å². The van der Waals surface area contributed by atoms with Crippen molar-refractivity contribution in [3.8, 4) is 0 Å². The summed E-state index contributed by atoms with van der Waals surface area (Å²) in [6, 6.07) is 1.57. The normalized spacial score (nSPS) is 10.2. The van der Waals surface area contributed by atoms with Crippen molar-refractivity contribution in [1.29, 1.82) is 0 Å². The molecule has 7 heteroatoms. The van der Waals surface area contributed by atoms with Crippen LogP contribution in [0, 0.1) is 0 Å². The van der Waals surface area contributed by atoms with E-state index in [0.717, 1.165) is 12.1 Å². The topological polar surface area (TPSA) is 90.1 Å². The number of ether oxygens (including phenoxy) is 1. The number of rotatable bonds is 6. The number of aromatic nitrogens is 2. The standard InChI is InChI=1S/C13H16N4O2S/c1-2-19-13(18)11-5-9(14)6-16-12(11)15-4-3-10-7-20-8-17-10/h5-8H,2-4,14H2,1H3,(H,15,16). The van der Waals surface area contributed by atoms with Gasteiger partial charge in [0, 0.05) is 18.3 Å². The molecular formula is C13H16N4O2S. The average Bonchev–Trinajstić information content (AvgIpc) is 2.94. The summed E-state index contributed by atoms with van der Waals surface area (Å²) in [5, 5.41) is 5.11. The zero-order valence-corrected chi connectivity index (χ0v) is 11.9. The monoisotopic (exact) mass is 292 g/mol. The molecule has 2 heterocycles. The molecular weight excluding hydrogens is 276 g/mol. The van der Waals surface area contributed by atoms with Crippen molar-refractivity contribution in [1.82, 2.24) is 9.97 Å². The number of pyridine rings is 1. The molecule has 0 atom stereocenters. The first-order valence-electron chi connectivity index (χ1n) is 6.24. The van der Waals surface area contributed by atoms with E-state index in [2.05, 4.69) is 15.3 Å². The van der Waals surface area contributed by atoms with Crippen LogP contribution in [-0.2, 0) is 11.2 Å². The summed E-state index contributed by atoms with van der Waals surface area (Å²) in [5.41, 5.74) is 9.24. The number of hydrogen-bond donors (Lipinski definition) is 2. The summed E-state index contributed by atoms with van der Waals surface area (Å²) >= 11 is 1.56. The average molecular weight is 292 g/mol. The minimum atomic E-state index is -0.427. The number of hydrogen-bond acceptors (Lipinski definition) is 7. The summed E-state index contributed by atoms with van der Waals surface area (Å²) in [5.74, 6) is 0.0522. The van der Waals surface area contributed by atoms with E-state index in [9.17, 15) is 4.79 Å². The van der Waals surface area contributed by atoms with Gasteiger partial charge < -0.3 is 15.8 Å². The Balaban J connectivity index is 2.04. The lowest BCUT2D eigenvalue weighted by molar-refractivity contribution is 0.0527. The van der Waals surface area contributed by atoms with E-state index in [-0.39, 0.29) is 0 Å². The summed E-state index contributed by atoms with van der Waals surface area (Å²) in [4.78, 5) is 20.2. The van der Waals surface area contributed by atoms with Gasteiger partial charge in [-0.2, -0.15) is 0 Å². The van der Waals surface area contributed by atoms with Crippen LogP contribution in [0.3, 0.4) is 0 Å². The van der Waals surface area contributed by atoms with Crippen molar-refractivity contribution in [3.63, 3.8) is 0 Å². The molecule has 0 fully saturated rings. The fraction of sp³-hybridized carbons (Fsp3) is 0.308. The SMILES string of the molecule is CCOC(=O)c1cc(N)cnc1NCCc1cscn1. The zero-order valence-electron chi connectivity index (χ0n) is 11.1. The molecule has 0 bridgehead atoms. The van der Waals surface area contributed by atoms with Crippen molar-refractivity contribution in [2.45, 2.75) is 13.3 Å². The van der Waals surface area contributed by atoms with Crippen LogP contribution in [0.25, 0.3) is 0 Å². The van der Waals surface area contributed by atoms with Gasteiger partial charge in [-0.05, 0) is 13.0 Å². The lowest BCUT2D eigenvalue weighted by atomic mass is 10.2. The van der Waals surface area contributed by atoms with Gasteiger partial charge in [0.25, 0.3) is 0 Å². The number of anilines is 2. The van der Waals surface area contributed by atoms with Crippen molar-refractivity contribution in [2.75, 3.05) is 24.2 Å². The Morgan fingerprint density at radius 1 is 1.50 bits per heavy atom. The second-order valence-corrected chi connectivity index (χ2v) is 4.76. The Morgan fingerprint density at radius 2 is 2.35 bits per heavy atom. The molecule has 0 unspecified atom stereocenters. The van der Waals surface area contributed by atoms with E-state index in [1.165, 1.54) is 6.20 Å². The predicted molar refractivity (Wildman–Crippen MR) is 78.9 cm³/mol. The molecule has 0 aliphatic heterocycles. The molecule has 6 nitrogen and oxygen atoms in total. The predicted octanol–water partition coefficient (Wildman–Crippen LogP) is 1.95. The van der Waals surface area contributed by atoms with E-state index in [1.807, 2.05) is 5.38 Å². The molecule has 0 amide bonds. The molecule has 0 spiro atoms. The maximum absolute atomic E-state index is 11.8. The molecule has 106 valence electrons. The molecule has 20 heavy (non-hydrogen) atoms. The van der Waals surface area contributed by atoms with Crippen LogP contribution in [-0.4, -0.2) is 29.1 Å². The summed E-state index contributed by atoms with van der Waals surface area (Å²) < 4.78 is 4.99. The van der Waals surface area contributed by atoms with Crippen LogP contribution < -0.4 is 11.1 Å². The van der Waals surface area contributed by atoms with Gasteiger partial charge in [-0.15, -0.1) is 11.3 Å². The number of nitrogens with one attached hydrogen (secondary N) is 1. The minimum absolute atomic E-state index is 0.311. The van der Waals surface area contributed by atoms with E-state index < -0.39 is 5.97 Å². The largest absolute Gasteiger partial charge is 0.462 e. The molecule has 0 aromatic carbocycles. The number of nitrogen functional groups attached to an aromatic ring is 1. The molecule has 0 saturated carbocycles. The molecule has 0 saturated heterocycles. The van der Waals surface area contributed by atoms with E-state index >= 15 is 0 Å². The first kappa shape index (κ1) is 14.3. The molecule has 0 radical (unpaired) electrons. The van der Waals surface area contributed by atoms with E-state index in [4.69, 9.17) is 10.5 Å². The highest BCUT2D eigenvalue weighted by Crippen LogP contribution is 2.17. The first-order chi connectivity index (χ1) is 9.70. The summed E-state index contributed by atoms with van der Waals surface area (Å²) in [6.07, 6.45) is 2.27. The van der Waals surface area contributed by atoms with Gasteiger partial charge in [0.2, 0.25) is 0 Å². The lowest BCUT2D eigenvalue weighted by Crippen LogP contribution is -2.14. The maximum Gasteiger partial charge on any atom is 0.341 e. The van der Waals surface area contributed by atoms with Gasteiger partial charge in [-0.3, -0.25) is 0 Å². The third-order valence-electron chi connectivity index (χ3n) is 2.56. The number of nitrogens with two attached hydrogens (primary N) is 1. The van der Waals surface area contributed by atoms with Crippen LogP contribution in [0.5, 0.6) is 0 Å². The van der Waals surface area contributed by atoms with Gasteiger partial charge in [0.1, 0.15) is 11.4 Å². The zero-order chi connectivity index (χ0) is 14.4. The molecule has 2 aromatic rings. The van der Waals surface area contributed by atoms with Gasteiger partial charge in [-0.1, -0.05) is 0 Å². The van der Waals surface area contributed by atoms with Gasteiger partial charge in [0.05, 0.1) is 29.7 Å². The first-order valence-corrected chi connectivity index (χ1v) is 7.18. The second-order valence-electron chi connectivity index (χ2n) is 4.04. The Bertz CT molecular complexity index is 572. The Morgan fingerprint density at radius 3 is 3.05 bits per heavy atom. The maximum atomic E-state index is 11.8. The van der Waals surface area contributed by atoms with Crippen molar-refractivity contribution < 1.29 is 9.53 Å². The quantitative estimate of drug-likeness (QED) is 0.791. The van der Waals surface area contributed by atoms with E-state index in [1.54, 1.807) is 29.8 Å². The fourth-order valence-corrected chi connectivity index (χ4v) is 2.25. The number of esters is 1. The number of thiazole rings is 1. The molecule has 2 rings (SSSR count). The molecule has 2 aromatic heterocycles. The van der Waals surface area contributed by atoms with Crippen LogP contribution >= 0.6 is 11.3 Å². The molecule has 0 aliphatic carbocycles. The fourth-order valence-electron chi connectivity index (χ4n) is 1.66. The van der Waals surface area contributed by atoms with Crippen LogP contribution in [0.4, 0.5) is 11.5 Å². The summed E-state index contributed by atoms with van der Waals surface area (Å²) in [6.45, 7) is 2.70. The highest BCUT2D eigenvalue weighted by molar-refractivity contribution is 7.07. The molecule has 0 aliphatic rings. The highest BCUT2D eigenvalue weighted by atomic mass is 32.1. The van der Waals surface area contributed by atoms with Crippen LogP contribution in [0.1, 0.15) is 23.0 Å². The third kappa shape index (κ3) is 3.67. The van der Waals surface area contributed by atoms with E-state index in [0.29, 0.717) is 30.2 Å². The van der Waals surface area contributed by atoms with Crippen molar-refractivity contribution >= 4 is 28.8 Å². The summed E-state index contributed by atoms with van der Waals surface area (Å²) in [7, 11) is 0. The van der Waals surface area contributed by atoms with Crippen molar-refractivity contribution in [3.05, 3.63) is 34.4 Å². The Hall–Kier alpha value is -2.15. The number of carbonyl (C=O) groups excluding carboxylic acids is 1. The lowest BCUT2D eigenvalue weighted by Gasteiger charge is -2.10. The number of nitrogens with zero attached hydrogens (tertiary/aromatic N) is 2. The second kappa shape index (κ2) is 6.85. The minimum Gasteiger partial charge on any atom is -0.462 e.